The van der Waals surface area contributed by atoms with Gasteiger partial charge in [-0.2, -0.15) is 0 Å². The van der Waals surface area contributed by atoms with E-state index in [2.05, 4.69) is 4.98 Å². The SMILES string of the molecule is O=[N+]([O-])c1ccc2[nH]c(-c3cc4ccccc4o3)cc2c1. The van der Waals surface area contributed by atoms with Crippen molar-refractivity contribution in [2.45, 2.75) is 0 Å². The number of aromatic amines is 1. The molecule has 0 fully saturated rings. The number of nitro benzene ring substituents is 1. The number of nitrogens with one attached hydrogen (secondary N) is 1. The third-order valence-corrected chi connectivity index (χ3v) is 3.51. The van der Waals surface area contributed by atoms with E-state index in [1.54, 1.807) is 12.1 Å². The largest absolute Gasteiger partial charge is 0.455 e. The first-order valence-corrected chi connectivity index (χ1v) is 6.47. The number of non-ortho nitro benzene ring substituents is 1. The maximum atomic E-state index is 10.8. The molecule has 1 N–H and O–H groups in total. The van der Waals surface area contributed by atoms with Crippen LogP contribution in [0.1, 0.15) is 0 Å². The fourth-order valence-corrected chi connectivity index (χ4v) is 2.48. The van der Waals surface area contributed by atoms with Gasteiger partial charge in [0.15, 0.2) is 5.76 Å². The summed E-state index contributed by atoms with van der Waals surface area (Å²) in [4.78, 5) is 13.6. The first-order valence-electron chi connectivity index (χ1n) is 6.47. The van der Waals surface area contributed by atoms with Gasteiger partial charge < -0.3 is 9.40 Å². The van der Waals surface area contributed by atoms with Gasteiger partial charge in [0.2, 0.25) is 0 Å². The summed E-state index contributed by atoms with van der Waals surface area (Å²) in [6, 6.07) is 16.3. The second-order valence-electron chi connectivity index (χ2n) is 4.86. The van der Waals surface area contributed by atoms with Crippen LogP contribution in [-0.2, 0) is 0 Å². The molecule has 0 aliphatic carbocycles. The number of para-hydroxylation sites is 1. The minimum atomic E-state index is -0.396. The number of hydrogen-bond donors (Lipinski definition) is 1. The van der Waals surface area contributed by atoms with E-state index in [4.69, 9.17) is 4.42 Å². The predicted octanol–water partition coefficient (Wildman–Crippen LogP) is 4.49. The zero-order valence-corrected chi connectivity index (χ0v) is 10.9. The lowest BCUT2D eigenvalue weighted by molar-refractivity contribution is -0.384. The highest BCUT2D eigenvalue weighted by atomic mass is 16.6. The Morgan fingerprint density at radius 3 is 2.67 bits per heavy atom. The quantitative estimate of drug-likeness (QED) is 0.433. The Bertz CT molecular complexity index is 948. The number of hydrogen-bond acceptors (Lipinski definition) is 3. The molecule has 0 radical (unpaired) electrons. The molecular weight excluding hydrogens is 268 g/mol. The summed E-state index contributed by atoms with van der Waals surface area (Å²) in [5.74, 6) is 0.718. The van der Waals surface area contributed by atoms with E-state index in [0.717, 1.165) is 33.3 Å². The van der Waals surface area contributed by atoms with E-state index in [1.165, 1.54) is 6.07 Å². The molecule has 0 aliphatic rings. The van der Waals surface area contributed by atoms with Crippen molar-refractivity contribution >= 4 is 27.6 Å². The average molecular weight is 278 g/mol. The van der Waals surface area contributed by atoms with Crippen LogP contribution >= 0.6 is 0 Å². The van der Waals surface area contributed by atoms with Crippen LogP contribution in [0.15, 0.2) is 59.0 Å². The van der Waals surface area contributed by atoms with E-state index in [9.17, 15) is 10.1 Å². The standard InChI is InChI=1S/C16H10N2O3/c19-18(20)12-5-6-13-11(7-12)8-14(17-13)16-9-10-3-1-2-4-15(10)21-16/h1-9,17H. The van der Waals surface area contributed by atoms with Crippen LogP contribution in [0.25, 0.3) is 33.3 Å². The number of aromatic nitrogens is 1. The smallest absolute Gasteiger partial charge is 0.270 e. The fourth-order valence-electron chi connectivity index (χ4n) is 2.48. The molecule has 0 atom stereocenters. The molecule has 5 nitrogen and oxygen atoms in total. The summed E-state index contributed by atoms with van der Waals surface area (Å²) < 4.78 is 5.80. The van der Waals surface area contributed by atoms with Gasteiger partial charge in [-0.05, 0) is 24.3 Å². The van der Waals surface area contributed by atoms with E-state index < -0.39 is 4.92 Å². The van der Waals surface area contributed by atoms with Crippen LogP contribution in [0, 0.1) is 10.1 Å². The zero-order valence-electron chi connectivity index (χ0n) is 10.9. The van der Waals surface area contributed by atoms with Crippen molar-refractivity contribution in [1.29, 1.82) is 0 Å². The minimum Gasteiger partial charge on any atom is -0.455 e. The molecule has 5 heteroatoms. The number of rotatable bonds is 2. The van der Waals surface area contributed by atoms with E-state index in [-0.39, 0.29) is 5.69 Å². The van der Waals surface area contributed by atoms with Crippen molar-refractivity contribution in [3.8, 4) is 11.5 Å². The summed E-state index contributed by atoms with van der Waals surface area (Å²) in [6.07, 6.45) is 0. The highest BCUT2D eigenvalue weighted by Crippen LogP contribution is 2.30. The van der Waals surface area contributed by atoms with Gasteiger partial charge in [0, 0.05) is 28.4 Å². The Morgan fingerprint density at radius 1 is 1.00 bits per heavy atom. The lowest BCUT2D eigenvalue weighted by atomic mass is 10.2. The second-order valence-corrected chi connectivity index (χ2v) is 4.86. The summed E-state index contributed by atoms with van der Waals surface area (Å²) >= 11 is 0. The Balaban J connectivity index is 1.87. The van der Waals surface area contributed by atoms with Crippen molar-refractivity contribution in [2.24, 2.45) is 0 Å². The predicted molar refractivity (Wildman–Crippen MR) is 80.2 cm³/mol. The van der Waals surface area contributed by atoms with Crippen LogP contribution in [0.4, 0.5) is 5.69 Å². The molecule has 2 heterocycles. The molecule has 102 valence electrons. The van der Waals surface area contributed by atoms with Crippen LogP contribution in [0.5, 0.6) is 0 Å². The normalized spacial score (nSPS) is 11.2. The molecule has 0 unspecified atom stereocenters. The molecule has 0 spiro atoms. The number of H-pyrrole nitrogens is 1. The first-order chi connectivity index (χ1) is 10.2. The lowest BCUT2D eigenvalue weighted by Gasteiger charge is -1.90. The van der Waals surface area contributed by atoms with Crippen molar-refractivity contribution in [3.05, 3.63) is 64.7 Å². The molecule has 4 rings (SSSR count). The third kappa shape index (κ3) is 1.87. The Labute approximate surface area is 119 Å². The number of benzene rings is 2. The molecule has 0 saturated carbocycles. The van der Waals surface area contributed by atoms with Crippen molar-refractivity contribution in [2.75, 3.05) is 0 Å². The minimum absolute atomic E-state index is 0.0812. The molecule has 4 aromatic rings. The van der Waals surface area contributed by atoms with Gasteiger partial charge in [-0.3, -0.25) is 10.1 Å². The number of nitrogens with zero attached hydrogens (tertiary/aromatic N) is 1. The number of fused-ring (bicyclic) bond motifs is 2. The summed E-state index contributed by atoms with van der Waals surface area (Å²) in [5.41, 5.74) is 2.55. The van der Waals surface area contributed by atoms with Gasteiger partial charge in [0.05, 0.1) is 10.6 Å². The molecular formula is C16H10N2O3. The fraction of sp³-hybridized carbons (Fsp3) is 0. The van der Waals surface area contributed by atoms with Crippen LogP contribution in [-0.4, -0.2) is 9.91 Å². The summed E-state index contributed by atoms with van der Waals surface area (Å²) in [5, 5.41) is 12.6. The lowest BCUT2D eigenvalue weighted by Crippen LogP contribution is -1.86. The van der Waals surface area contributed by atoms with Gasteiger partial charge in [0.25, 0.3) is 5.69 Å². The van der Waals surface area contributed by atoms with Crippen LogP contribution in [0.3, 0.4) is 0 Å². The van der Waals surface area contributed by atoms with Gasteiger partial charge in [0.1, 0.15) is 5.58 Å². The Morgan fingerprint density at radius 2 is 1.86 bits per heavy atom. The van der Waals surface area contributed by atoms with Crippen molar-refractivity contribution in [3.63, 3.8) is 0 Å². The van der Waals surface area contributed by atoms with Gasteiger partial charge in [-0.1, -0.05) is 18.2 Å². The molecule has 0 bridgehead atoms. The van der Waals surface area contributed by atoms with Gasteiger partial charge in [-0.15, -0.1) is 0 Å². The van der Waals surface area contributed by atoms with Gasteiger partial charge >= 0.3 is 0 Å². The molecule has 0 aliphatic heterocycles. The molecule has 21 heavy (non-hydrogen) atoms. The Hall–Kier alpha value is -3.08. The van der Waals surface area contributed by atoms with E-state index in [1.807, 2.05) is 36.4 Å². The Kier molecular flexibility index (Phi) is 2.35. The van der Waals surface area contributed by atoms with E-state index >= 15 is 0 Å². The maximum absolute atomic E-state index is 10.8. The first kappa shape index (κ1) is 11.7. The summed E-state index contributed by atoms with van der Waals surface area (Å²) in [6.45, 7) is 0. The van der Waals surface area contributed by atoms with Crippen LogP contribution in [0.2, 0.25) is 0 Å². The number of nitro groups is 1. The summed E-state index contributed by atoms with van der Waals surface area (Å²) in [7, 11) is 0. The van der Waals surface area contributed by atoms with Gasteiger partial charge in [-0.25, -0.2) is 0 Å². The third-order valence-electron chi connectivity index (χ3n) is 3.51. The monoisotopic (exact) mass is 278 g/mol. The molecule has 0 saturated heterocycles. The maximum Gasteiger partial charge on any atom is 0.270 e. The highest BCUT2D eigenvalue weighted by Gasteiger charge is 2.11. The average Bonchev–Trinajstić information content (AvgIpc) is 3.09. The zero-order chi connectivity index (χ0) is 14.4. The van der Waals surface area contributed by atoms with Crippen LogP contribution < -0.4 is 0 Å². The molecule has 2 aromatic heterocycles. The molecule has 2 aromatic carbocycles. The number of furan rings is 1. The van der Waals surface area contributed by atoms with Crippen molar-refractivity contribution in [1.82, 2.24) is 4.98 Å². The van der Waals surface area contributed by atoms with E-state index in [0.29, 0.717) is 0 Å². The molecule has 0 amide bonds. The highest BCUT2D eigenvalue weighted by molar-refractivity contribution is 5.89. The topological polar surface area (TPSA) is 72.1 Å². The second kappa shape index (κ2) is 4.21. The van der Waals surface area contributed by atoms with Crippen molar-refractivity contribution < 1.29 is 9.34 Å².